The highest BCUT2D eigenvalue weighted by molar-refractivity contribution is 5.88. The van der Waals surface area contributed by atoms with Gasteiger partial charge in [-0.25, -0.2) is 9.59 Å². The van der Waals surface area contributed by atoms with Crippen LogP contribution in [-0.2, 0) is 0 Å². The minimum atomic E-state index is -0.979. The fraction of sp³-hybridized carbons (Fsp3) is 0. The number of hydrogen-bond acceptors (Lipinski definition) is 4. The van der Waals surface area contributed by atoms with E-state index in [0.717, 1.165) is 11.1 Å². The number of benzene rings is 2. The lowest BCUT2D eigenvalue weighted by Gasteiger charge is -2.04. The van der Waals surface area contributed by atoms with Gasteiger partial charge in [-0.2, -0.15) is 0 Å². The molecule has 0 aliphatic rings. The molecule has 2 N–H and O–H groups in total. The summed E-state index contributed by atoms with van der Waals surface area (Å²) in [4.78, 5) is 30.4. The lowest BCUT2D eigenvalue weighted by atomic mass is 10.1. The van der Waals surface area contributed by atoms with E-state index >= 15 is 0 Å². The molecule has 0 unspecified atom stereocenters. The number of rotatable bonds is 4. The highest BCUT2D eigenvalue weighted by Crippen LogP contribution is 2.21. The van der Waals surface area contributed by atoms with Gasteiger partial charge < -0.3 is 10.2 Å². The number of carbonyl (C=O) groups is 2. The fourth-order valence-corrected chi connectivity index (χ4v) is 2.19. The van der Waals surface area contributed by atoms with Gasteiger partial charge >= 0.3 is 11.9 Å². The second-order valence-corrected chi connectivity index (χ2v) is 5.05. The average Bonchev–Trinajstić information content (AvgIpc) is 2.62. The molecular formula is C18H12N2O4. The molecule has 6 heteroatoms. The molecule has 6 nitrogen and oxygen atoms in total. The van der Waals surface area contributed by atoms with Gasteiger partial charge in [0.05, 0.1) is 34.9 Å². The Bertz CT molecular complexity index is 809. The van der Waals surface area contributed by atoms with Crippen molar-refractivity contribution in [1.82, 2.24) is 9.97 Å². The summed E-state index contributed by atoms with van der Waals surface area (Å²) in [5.41, 5.74) is 3.19. The zero-order valence-electron chi connectivity index (χ0n) is 12.4. The van der Waals surface area contributed by atoms with Gasteiger partial charge in [0.15, 0.2) is 0 Å². The summed E-state index contributed by atoms with van der Waals surface area (Å²) in [5.74, 6) is -1.96. The molecule has 0 amide bonds. The molecule has 3 aromatic rings. The second kappa shape index (κ2) is 6.29. The monoisotopic (exact) mass is 320 g/mol. The van der Waals surface area contributed by atoms with Gasteiger partial charge in [-0.05, 0) is 24.3 Å². The quantitative estimate of drug-likeness (QED) is 0.765. The summed E-state index contributed by atoms with van der Waals surface area (Å²) >= 11 is 0. The van der Waals surface area contributed by atoms with Crippen molar-refractivity contribution in [3.05, 3.63) is 72.1 Å². The molecule has 118 valence electrons. The first kappa shape index (κ1) is 15.4. The molecule has 0 bridgehead atoms. The van der Waals surface area contributed by atoms with Gasteiger partial charge in [0.2, 0.25) is 0 Å². The van der Waals surface area contributed by atoms with Gasteiger partial charge in [0.25, 0.3) is 0 Å². The molecule has 0 atom stereocenters. The number of aromatic nitrogens is 2. The van der Waals surface area contributed by atoms with Crippen molar-refractivity contribution in [2.45, 2.75) is 0 Å². The fourth-order valence-electron chi connectivity index (χ4n) is 2.19. The summed E-state index contributed by atoms with van der Waals surface area (Å²) in [6, 6.07) is 12.7. The van der Waals surface area contributed by atoms with E-state index in [1.807, 2.05) is 0 Å². The molecule has 3 rings (SSSR count). The van der Waals surface area contributed by atoms with E-state index in [9.17, 15) is 9.59 Å². The van der Waals surface area contributed by atoms with Crippen molar-refractivity contribution in [2.75, 3.05) is 0 Å². The molecule has 0 saturated carbocycles. The predicted octanol–water partition coefficient (Wildman–Crippen LogP) is 3.21. The van der Waals surface area contributed by atoms with Gasteiger partial charge in [0, 0.05) is 11.1 Å². The maximum absolute atomic E-state index is 10.9. The summed E-state index contributed by atoms with van der Waals surface area (Å²) < 4.78 is 0. The first-order chi connectivity index (χ1) is 11.5. The largest absolute Gasteiger partial charge is 0.478 e. The SMILES string of the molecule is O=C(O)c1ccc(-c2cnc(-c3ccc(C(=O)O)cc3)cn2)cc1. The zero-order valence-corrected chi connectivity index (χ0v) is 12.4. The number of nitrogens with zero attached hydrogens (tertiary/aromatic N) is 2. The van der Waals surface area contributed by atoms with Gasteiger partial charge in [-0.1, -0.05) is 24.3 Å². The maximum atomic E-state index is 10.9. The first-order valence-electron chi connectivity index (χ1n) is 7.04. The van der Waals surface area contributed by atoms with Crippen LogP contribution in [0.5, 0.6) is 0 Å². The lowest BCUT2D eigenvalue weighted by Crippen LogP contribution is -1.96. The summed E-state index contributed by atoms with van der Waals surface area (Å²) in [6.07, 6.45) is 3.19. The molecule has 0 fully saturated rings. The highest BCUT2D eigenvalue weighted by atomic mass is 16.4. The molecule has 0 saturated heterocycles. The molecule has 0 spiro atoms. The maximum Gasteiger partial charge on any atom is 0.335 e. The van der Waals surface area contributed by atoms with E-state index in [1.54, 1.807) is 36.7 Å². The van der Waals surface area contributed by atoms with Crippen LogP contribution in [0.2, 0.25) is 0 Å². The van der Waals surface area contributed by atoms with Crippen molar-refractivity contribution in [2.24, 2.45) is 0 Å². The van der Waals surface area contributed by atoms with E-state index in [-0.39, 0.29) is 11.1 Å². The predicted molar refractivity (Wildman–Crippen MR) is 86.8 cm³/mol. The Kier molecular flexibility index (Phi) is 4.03. The number of hydrogen-bond donors (Lipinski definition) is 2. The summed E-state index contributed by atoms with van der Waals surface area (Å²) in [6.45, 7) is 0. The van der Waals surface area contributed by atoms with Crippen LogP contribution in [0.4, 0.5) is 0 Å². The molecular weight excluding hydrogens is 308 g/mol. The van der Waals surface area contributed by atoms with E-state index < -0.39 is 11.9 Å². The van der Waals surface area contributed by atoms with Gasteiger partial charge in [-0.15, -0.1) is 0 Å². The van der Waals surface area contributed by atoms with Crippen LogP contribution in [0, 0.1) is 0 Å². The van der Waals surface area contributed by atoms with Gasteiger partial charge in [-0.3, -0.25) is 9.97 Å². The Morgan fingerprint density at radius 3 is 1.21 bits per heavy atom. The lowest BCUT2D eigenvalue weighted by molar-refractivity contribution is 0.0686. The van der Waals surface area contributed by atoms with E-state index in [4.69, 9.17) is 10.2 Å². The molecule has 1 aromatic heterocycles. The number of carboxylic acids is 2. The molecule has 0 radical (unpaired) electrons. The summed E-state index contributed by atoms with van der Waals surface area (Å²) in [5, 5.41) is 17.8. The van der Waals surface area contributed by atoms with Crippen LogP contribution in [0.15, 0.2) is 60.9 Å². The Labute approximate surface area is 137 Å². The van der Waals surface area contributed by atoms with Crippen LogP contribution >= 0.6 is 0 Å². The van der Waals surface area contributed by atoms with Crippen LogP contribution in [0.1, 0.15) is 20.7 Å². The zero-order chi connectivity index (χ0) is 17.1. The highest BCUT2D eigenvalue weighted by Gasteiger charge is 2.07. The third kappa shape index (κ3) is 3.12. The third-order valence-electron chi connectivity index (χ3n) is 3.51. The van der Waals surface area contributed by atoms with Crippen molar-refractivity contribution in [3.63, 3.8) is 0 Å². The van der Waals surface area contributed by atoms with E-state index in [2.05, 4.69) is 9.97 Å². The van der Waals surface area contributed by atoms with E-state index in [0.29, 0.717) is 11.4 Å². The smallest absolute Gasteiger partial charge is 0.335 e. The van der Waals surface area contributed by atoms with Crippen LogP contribution in [0.3, 0.4) is 0 Å². The van der Waals surface area contributed by atoms with Crippen molar-refractivity contribution < 1.29 is 19.8 Å². The normalized spacial score (nSPS) is 10.3. The average molecular weight is 320 g/mol. The van der Waals surface area contributed by atoms with Crippen LogP contribution < -0.4 is 0 Å². The van der Waals surface area contributed by atoms with Crippen molar-refractivity contribution in [3.8, 4) is 22.5 Å². The van der Waals surface area contributed by atoms with Gasteiger partial charge in [0.1, 0.15) is 0 Å². The first-order valence-corrected chi connectivity index (χ1v) is 7.04. The van der Waals surface area contributed by atoms with Crippen LogP contribution in [0.25, 0.3) is 22.5 Å². The Morgan fingerprint density at radius 2 is 0.958 bits per heavy atom. The molecule has 24 heavy (non-hydrogen) atoms. The number of aromatic carboxylic acids is 2. The molecule has 1 heterocycles. The Balaban J connectivity index is 1.84. The van der Waals surface area contributed by atoms with Crippen LogP contribution in [-0.4, -0.2) is 32.1 Å². The van der Waals surface area contributed by atoms with Crippen molar-refractivity contribution in [1.29, 1.82) is 0 Å². The standard InChI is InChI=1S/C18H12N2O4/c21-17(22)13-5-1-11(2-6-13)15-9-20-16(10-19-15)12-3-7-14(8-4-12)18(23)24/h1-10H,(H,21,22)(H,23,24). The second-order valence-electron chi connectivity index (χ2n) is 5.05. The third-order valence-corrected chi connectivity index (χ3v) is 3.51. The topological polar surface area (TPSA) is 100 Å². The molecule has 0 aliphatic carbocycles. The van der Waals surface area contributed by atoms with E-state index in [1.165, 1.54) is 24.3 Å². The molecule has 0 aliphatic heterocycles. The Morgan fingerprint density at radius 1 is 0.625 bits per heavy atom. The Hall–Kier alpha value is -3.54. The number of carboxylic acid groups (broad SMARTS) is 2. The minimum absolute atomic E-state index is 0.210. The molecule has 2 aromatic carbocycles. The summed E-state index contributed by atoms with van der Waals surface area (Å²) in [7, 11) is 0. The van der Waals surface area contributed by atoms with Crippen molar-refractivity contribution >= 4 is 11.9 Å². The minimum Gasteiger partial charge on any atom is -0.478 e.